The van der Waals surface area contributed by atoms with Crippen LogP contribution in [0.4, 0.5) is 23.8 Å². The Morgan fingerprint density at radius 3 is 2.25 bits per heavy atom. The van der Waals surface area contributed by atoms with Gasteiger partial charge in [0.05, 0.1) is 24.1 Å². The zero-order chi connectivity index (χ0) is 37.4. The number of ether oxygens (including phenoxy) is 1. The summed E-state index contributed by atoms with van der Waals surface area (Å²) in [5.41, 5.74) is 4.44. The fourth-order valence-corrected chi connectivity index (χ4v) is 13.0. The third-order valence-electron chi connectivity index (χ3n) is 10.0. The average Bonchev–Trinajstić information content (AvgIpc) is 3.04. The molecule has 1 amide bonds. The Labute approximate surface area is 299 Å². The Morgan fingerprint density at radius 2 is 1.65 bits per heavy atom. The van der Waals surface area contributed by atoms with Gasteiger partial charge in [0, 0.05) is 36.0 Å². The molecular formula is C40H46F3N5O2Si. The van der Waals surface area contributed by atoms with Crippen molar-refractivity contribution in [1.82, 2.24) is 14.9 Å². The van der Waals surface area contributed by atoms with Crippen LogP contribution in [-0.2, 0) is 4.74 Å². The largest absolute Gasteiger partial charge is 0.444 e. The number of benzene rings is 3. The van der Waals surface area contributed by atoms with Gasteiger partial charge in [-0.25, -0.2) is 13.6 Å². The highest BCUT2D eigenvalue weighted by Gasteiger charge is 2.42. The number of hydrogen-bond donors (Lipinski definition) is 0. The zero-order valence-electron chi connectivity index (χ0n) is 30.9. The minimum Gasteiger partial charge on any atom is -0.444 e. The van der Waals surface area contributed by atoms with E-state index in [9.17, 15) is 10.1 Å². The number of carbonyl (C=O) groups excluding carboxylic acids is 1. The summed E-state index contributed by atoms with van der Waals surface area (Å²) in [6, 6.07) is 13.5. The molecular weight excluding hydrogens is 668 g/mol. The van der Waals surface area contributed by atoms with Crippen LogP contribution >= 0.6 is 0 Å². The number of piperazine rings is 1. The maximum atomic E-state index is 16.8. The molecule has 7 nitrogen and oxygen atoms in total. The molecule has 4 aromatic rings. The summed E-state index contributed by atoms with van der Waals surface area (Å²) in [5.74, 6) is 1.58. The molecule has 1 aliphatic rings. The standard InChI is InChI=1S/C40H46F3N5O2Si/c1-24(2)51(25(3)4,26(5)6)21-17-28-13-10-12-27-14-11-15-30(33(27)28)34-32(41)22-31-36(35(34)42)45-38(43)46-37(31)47-19-20-48(29(23-47)16-18-44)39(49)50-40(7,8)9/h10-15,22,24-26,29H,16,19-20,23H2,1-9H3/t29-/m0/s1. The van der Waals surface area contributed by atoms with E-state index in [0.717, 1.165) is 11.5 Å². The minimum absolute atomic E-state index is 0.0154. The average molecular weight is 714 g/mol. The normalized spacial score (nSPS) is 15.5. The quantitative estimate of drug-likeness (QED) is 0.112. The van der Waals surface area contributed by atoms with Gasteiger partial charge >= 0.3 is 12.2 Å². The molecule has 1 atom stereocenters. The first-order chi connectivity index (χ1) is 24.0. The van der Waals surface area contributed by atoms with Crippen LogP contribution in [0.2, 0.25) is 16.6 Å². The lowest BCUT2D eigenvalue weighted by atomic mass is 9.93. The van der Waals surface area contributed by atoms with E-state index in [2.05, 4.69) is 69.0 Å². The third kappa shape index (κ3) is 7.27. The third-order valence-corrected chi connectivity index (χ3v) is 16.3. The smallest absolute Gasteiger partial charge is 0.410 e. The SMILES string of the molecule is CC(C)[Si](C#Cc1cccc2cccc(-c3c(F)cc4c(N5CCN(C(=O)OC(C)(C)C)[C@@H](CC#N)C5)nc(F)nc4c3F)c12)(C(C)C)C(C)C. The van der Waals surface area contributed by atoms with Gasteiger partial charge < -0.3 is 14.5 Å². The Bertz CT molecular complexity index is 2050. The van der Waals surface area contributed by atoms with E-state index in [1.165, 1.54) is 4.90 Å². The van der Waals surface area contributed by atoms with Crippen molar-refractivity contribution < 1.29 is 22.7 Å². The molecule has 51 heavy (non-hydrogen) atoms. The summed E-state index contributed by atoms with van der Waals surface area (Å²) in [6.07, 6.45) is -1.79. The highest BCUT2D eigenvalue weighted by molar-refractivity contribution is 6.90. The molecule has 1 fully saturated rings. The van der Waals surface area contributed by atoms with E-state index in [-0.39, 0.29) is 48.3 Å². The Morgan fingerprint density at radius 1 is 1.00 bits per heavy atom. The van der Waals surface area contributed by atoms with Gasteiger partial charge in [0.15, 0.2) is 5.82 Å². The topological polar surface area (TPSA) is 82.4 Å². The van der Waals surface area contributed by atoms with Crippen LogP contribution < -0.4 is 4.90 Å². The Balaban J connectivity index is 1.64. The van der Waals surface area contributed by atoms with Crippen LogP contribution in [0.3, 0.4) is 0 Å². The van der Waals surface area contributed by atoms with E-state index < -0.39 is 43.5 Å². The maximum absolute atomic E-state index is 16.8. The number of fused-ring (bicyclic) bond motifs is 2. The number of amides is 1. The van der Waals surface area contributed by atoms with Crippen molar-refractivity contribution in [2.45, 2.75) is 97.0 Å². The van der Waals surface area contributed by atoms with Gasteiger partial charge in [-0.2, -0.15) is 19.6 Å². The first-order valence-electron chi connectivity index (χ1n) is 17.5. The predicted octanol–water partition coefficient (Wildman–Crippen LogP) is 9.78. The highest BCUT2D eigenvalue weighted by atomic mass is 28.3. The molecule has 0 radical (unpaired) electrons. The van der Waals surface area contributed by atoms with Gasteiger partial charge in [-0.05, 0) is 60.5 Å². The molecule has 268 valence electrons. The lowest BCUT2D eigenvalue weighted by molar-refractivity contribution is 0.0145. The first kappa shape index (κ1) is 37.6. The van der Waals surface area contributed by atoms with Crippen molar-refractivity contribution in [1.29, 1.82) is 5.26 Å². The van der Waals surface area contributed by atoms with Crippen molar-refractivity contribution >= 4 is 41.7 Å². The molecule has 1 aromatic heterocycles. The van der Waals surface area contributed by atoms with Crippen molar-refractivity contribution in [2.75, 3.05) is 24.5 Å². The fraction of sp³-hybridized carbons (Fsp3) is 0.450. The molecule has 0 aliphatic carbocycles. The van der Waals surface area contributed by atoms with Crippen LogP contribution in [0.15, 0.2) is 42.5 Å². The molecule has 2 heterocycles. The van der Waals surface area contributed by atoms with E-state index in [1.807, 2.05) is 24.3 Å². The molecule has 0 unspecified atom stereocenters. The second-order valence-corrected chi connectivity index (χ2v) is 20.8. The molecule has 0 saturated carbocycles. The van der Waals surface area contributed by atoms with Crippen LogP contribution in [0.1, 0.15) is 74.3 Å². The lowest BCUT2D eigenvalue weighted by Crippen LogP contribution is -2.56. The molecule has 5 rings (SSSR count). The summed E-state index contributed by atoms with van der Waals surface area (Å²) < 4.78 is 53.9. The molecule has 1 saturated heterocycles. The second-order valence-electron chi connectivity index (χ2n) is 15.3. The van der Waals surface area contributed by atoms with Gasteiger partial charge in [-0.15, -0.1) is 5.54 Å². The fourth-order valence-electron chi connectivity index (χ4n) is 7.79. The first-order valence-corrected chi connectivity index (χ1v) is 19.7. The molecule has 3 aromatic carbocycles. The number of hydrogen-bond acceptors (Lipinski definition) is 6. The van der Waals surface area contributed by atoms with Crippen LogP contribution in [0, 0.1) is 40.5 Å². The van der Waals surface area contributed by atoms with Gasteiger partial charge in [0.25, 0.3) is 0 Å². The summed E-state index contributed by atoms with van der Waals surface area (Å²) in [5, 5.41) is 10.9. The van der Waals surface area contributed by atoms with Gasteiger partial charge in [-0.1, -0.05) is 77.8 Å². The van der Waals surface area contributed by atoms with Gasteiger partial charge in [-0.3, -0.25) is 0 Å². The van der Waals surface area contributed by atoms with Crippen LogP contribution in [-0.4, -0.2) is 60.3 Å². The molecule has 1 aliphatic heterocycles. The highest BCUT2D eigenvalue weighted by Crippen LogP contribution is 2.42. The van der Waals surface area contributed by atoms with Crippen LogP contribution in [0.25, 0.3) is 32.8 Å². The minimum atomic E-state index is -2.13. The Hall–Kier alpha value is -4.61. The molecule has 11 heteroatoms. The molecule has 0 N–H and O–H groups in total. The van der Waals surface area contributed by atoms with Crippen molar-refractivity contribution in [3.8, 4) is 28.7 Å². The monoisotopic (exact) mass is 713 g/mol. The number of nitriles is 1. The zero-order valence-corrected chi connectivity index (χ0v) is 31.9. The van der Waals surface area contributed by atoms with Crippen molar-refractivity contribution in [2.24, 2.45) is 0 Å². The van der Waals surface area contributed by atoms with Gasteiger partial charge in [0.2, 0.25) is 0 Å². The number of halogens is 3. The maximum Gasteiger partial charge on any atom is 0.410 e. The van der Waals surface area contributed by atoms with E-state index in [0.29, 0.717) is 33.1 Å². The van der Waals surface area contributed by atoms with Crippen molar-refractivity contribution in [3.05, 3.63) is 65.7 Å². The van der Waals surface area contributed by atoms with Crippen molar-refractivity contribution in [3.63, 3.8) is 0 Å². The number of anilines is 1. The Kier molecular flexibility index (Phi) is 10.7. The summed E-state index contributed by atoms with van der Waals surface area (Å²) in [6.45, 7) is 19.0. The number of aromatic nitrogens is 2. The second kappa shape index (κ2) is 14.6. The van der Waals surface area contributed by atoms with E-state index in [1.54, 1.807) is 37.8 Å². The van der Waals surface area contributed by atoms with E-state index in [4.69, 9.17) is 4.74 Å². The summed E-state index contributed by atoms with van der Waals surface area (Å²) in [7, 11) is -2.13. The summed E-state index contributed by atoms with van der Waals surface area (Å²) >= 11 is 0. The number of nitrogens with zero attached hydrogens (tertiary/aromatic N) is 5. The predicted molar refractivity (Wildman–Crippen MR) is 199 cm³/mol. The van der Waals surface area contributed by atoms with Crippen LogP contribution in [0.5, 0.6) is 0 Å². The van der Waals surface area contributed by atoms with Gasteiger partial charge in [0.1, 0.15) is 30.8 Å². The summed E-state index contributed by atoms with van der Waals surface area (Å²) in [4.78, 5) is 23.8. The molecule has 0 bridgehead atoms. The number of carbonyl (C=O) groups is 1. The number of rotatable bonds is 6. The lowest BCUT2D eigenvalue weighted by Gasteiger charge is -2.41. The van der Waals surface area contributed by atoms with E-state index >= 15 is 13.2 Å². The molecule has 0 spiro atoms.